The predicted octanol–water partition coefficient (Wildman–Crippen LogP) is 2.05. The van der Waals surface area contributed by atoms with Crippen molar-refractivity contribution in [3.8, 4) is 0 Å². The summed E-state index contributed by atoms with van der Waals surface area (Å²) in [5, 5.41) is 2.79. The molecule has 0 bridgehead atoms. The van der Waals surface area contributed by atoms with E-state index in [1.165, 1.54) is 24.8 Å². The minimum atomic E-state index is -2.99. The van der Waals surface area contributed by atoms with Crippen molar-refractivity contribution in [2.24, 2.45) is 0 Å². The molecule has 116 valence electrons. The predicted molar refractivity (Wildman–Crippen MR) is 85.5 cm³/mol. The van der Waals surface area contributed by atoms with Crippen molar-refractivity contribution in [3.05, 3.63) is 24.3 Å². The van der Waals surface area contributed by atoms with Crippen molar-refractivity contribution >= 4 is 27.1 Å². The quantitative estimate of drug-likeness (QED) is 0.873. The van der Waals surface area contributed by atoms with Crippen molar-refractivity contribution in [3.63, 3.8) is 0 Å². The Labute approximate surface area is 126 Å². The van der Waals surface area contributed by atoms with Crippen LogP contribution in [0.25, 0.3) is 0 Å². The second-order valence-corrected chi connectivity index (χ2v) is 7.78. The summed E-state index contributed by atoms with van der Waals surface area (Å²) in [6, 6.07) is 7.80. The average Bonchev–Trinajstić information content (AvgIpc) is 2.92. The number of anilines is 2. The SMILES string of the molecule is CS(=O)(=O)CCCC(=O)Nc1ccc(N2CCCC2)cc1. The maximum Gasteiger partial charge on any atom is 0.224 e. The van der Waals surface area contributed by atoms with Gasteiger partial charge in [-0.3, -0.25) is 4.79 Å². The summed E-state index contributed by atoms with van der Waals surface area (Å²) in [5.74, 6) is -0.0958. The molecule has 21 heavy (non-hydrogen) atoms. The van der Waals surface area contributed by atoms with E-state index >= 15 is 0 Å². The van der Waals surface area contributed by atoms with Crippen molar-refractivity contribution < 1.29 is 13.2 Å². The number of nitrogens with zero attached hydrogens (tertiary/aromatic N) is 1. The largest absolute Gasteiger partial charge is 0.372 e. The number of sulfone groups is 1. The van der Waals surface area contributed by atoms with Gasteiger partial charge in [-0.25, -0.2) is 8.42 Å². The maximum absolute atomic E-state index is 11.7. The van der Waals surface area contributed by atoms with Gasteiger partial charge in [-0.1, -0.05) is 0 Å². The Morgan fingerprint density at radius 2 is 1.81 bits per heavy atom. The highest BCUT2D eigenvalue weighted by Gasteiger charge is 2.12. The molecule has 1 fully saturated rings. The van der Waals surface area contributed by atoms with Crippen molar-refractivity contribution in [1.82, 2.24) is 0 Å². The van der Waals surface area contributed by atoms with Crippen LogP contribution in [-0.4, -0.2) is 39.4 Å². The third-order valence-electron chi connectivity index (χ3n) is 3.54. The first-order valence-corrected chi connectivity index (χ1v) is 9.33. The third kappa shape index (κ3) is 5.38. The summed E-state index contributed by atoms with van der Waals surface area (Å²) in [4.78, 5) is 14.1. The number of benzene rings is 1. The van der Waals surface area contributed by atoms with Gasteiger partial charge in [0, 0.05) is 37.1 Å². The first-order chi connectivity index (χ1) is 9.94. The Hall–Kier alpha value is -1.56. The van der Waals surface area contributed by atoms with Crippen LogP contribution in [0.4, 0.5) is 11.4 Å². The van der Waals surface area contributed by atoms with Gasteiger partial charge >= 0.3 is 0 Å². The fourth-order valence-corrected chi connectivity index (χ4v) is 3.12. The minimum absolute atomic E-state index is 0.0499. The van der Waals surface area contributed by atoms with E-state index < -0.39 is 9.84 Å². The van der Waals surface area contributed by atoms with Gasteiger partial charge < -0.3 is 10.2 Å². The van der Waals surface area contributed by atoms with Crippen LogP contribution in [0.15, 0.2) is 24.3 Å². The van der Waals surface area contributed by atoms with Gasteiger partial charge in [0.2, 0.25) is 5.91 Å². The molecule has 1 saturated heterocycles. The molecule has 5 nitrogen and oxygen atoms in total. The first kappa shape index (κ1) is 15.8. The van der Waals surface area contributed by atoms with Crippen molar-refractivity contribution in [2.75, 3.05) is 35.3 Å². The minimum Gasteiger partial charge on any atom is -0.372 e. The van der Waals surface area contributed by atoms with E-state index in [0.717, 1.165) is 18.8 Å². The van der Waals surface area contributed by atoms with Crippen molar-refractivity contribution in [1.29, 1.82) is 0 Å². The molecule has 0 aromatic heterocycles. The molecule has 1 N–H and O–H groups in total. The van der Waals surface area contributed by atoms with Crippen LogP contribution in [0, 0.1) is 0 Å². The van der Waals surface area contributed by atoms with Crippen LogP contribution in [0.1, 0.15) is 25.7 Å². The number of amides is 1. The maximum atomic E-state index is 11.7. The fourth-order valence-electron chi connectivity index (χ4n) is 2.45. The molecular weight excluding hydrogens is 288 g/mol. The van der Waals surface area contributed by atoms with Gasteiger partial charge in [0.1, 0.15) is 9.84 Å². The number of hydrogen-bond acceptors (Lipinski definition) is 4. The molecular formula is C15H22N2O3S. The van der Waals surface area contributed by atoms with E-state index in [1.807, 2.05) is 24.3 Å². The molecule has 0 radical (unpaired) electrons. The number of carbonyl (C=O) groups excluding carboxylic acids is 1. The molecule has 0 atom stereocenters. The molecule has 0 unspecified atom stereocenters. The normalized spacial score (nSPS) is 15.2. The van der Waals surface area contributed by atoms with Gasteiger partial charge in [-0.15, -0.1) is 0 Å². The summed E-state index contributed by atoms with van der Waals surface area (Å²) in [6.45, 7) is 2.19. The number of nitrogens with one attached hydrogen (secondary N) is 1. The second kappa shape index (κ2) is 6.93. The van der Waals surface area contributed by atoms with Crippen LogP contribution in [0.3, 0.4) is 0 Å². The second-order valence-electron chi connectivity index (χ2n) is 5.52. The van der Waals surface area contributed by atoms with Crippen LogP contribution in [-0.2, 0) is 14.6 Å². The third-order valence-corrected chi connectivity index (χ3v) is 4.57. The number of carbonyl (C=O) groups is 1. The summed E-state index contributed by atoms with van der Waals surface area (Å²) >= 11 is 0. The lowest BCUT2D eigenvalue weighted by molar-refractivity contribution is -0.116. The zero-order chi connectivity index (χ0) is 15.3. The highest BCUT2D eigenvalue weighted by molar-refractivity contribution is 7.90. The average molecular weight is 310 g/mol. The Morgan fingerprint density at radius 1 is 1.19 bits per heavy atom. The molecule has 1 aliphatic heterocycles. The Kier molecular flexibility index (Phi) is 5.22. The lowest BCUT2D eigenvalue weighted by Crippen LogP contribution is -2.17. The van der Waals surface area contributed by atoms with Crippen LogP contribution in [0.2, 0.25) is 0 Å². The van der Waals surface area contributed by atoms with Gasteiger partial charge in [-0.05, 0) is 43.5 Å². The summed E-state index contributed by atoms with van der Waals surface area (Å²) in [5.41, 5.74) is 1.94. The van der Waals surface area contributed by atoms with E-state index in [-0.39, 0.29) is 18.1 Å². The number of hydrogen-bond donors (Lipinski definition) is 1. The highest BCUT2D eigenvalue weighted by atomic mass is 32.2. The smallest absolute Gasteiger partial charge is 0.224 e. The lowest BCUT2D eigenvalue weighted by atomic mass is 10.2. The molecule has 0 spiro atoms. The molecule has 1 amide bonds. The topological polar surface area (TPSA) is 66.5 Å². The molecule has 0 aliphatic carbocycles. The Balaban J connectivity index is 1.81. The van der Waals surface area contributed by atoms with Crippen LogP contribution in [0.5, 0.6) is 0 Å². The van der Waals surface area contributed by atoms with Gasteiger partial charge in [0.05, 0.1) is 5.75 Å². The summed E-state index contributed by atoms with van der Waals surface area (Å²) in [7, 11) is -2.99. The number of rotatable bonds is 6. The fraction of sp³-hybridized carbons (Fsp3) is 0.533. The van der Waals surface area contributed by atoms with E-state index in [0.29, 0.717) is 6.42 Å². The first-order valence-electron chi connectivity index (χ1n) is 7.27. The molecule has 1 heterocycles. The zero-order valence-electron chi connectivity index (χ0n) is 12.3. The van der Waals surface area contributed by atoms with E-state index in [2.05, 4.69) is 10.2 Å². The molecule has 1 aliphatic rings. The van der Waals surface area contributed by atoms with Gasteiger partial charge in [-0.2, -0.15) is 0 Å². The van der Waals surface area contributed by atoms with E-state index in [4.69, 9.17) is 0 Å². The van der Waals surface area contributed by atoms with Crippen LogP contribution >= 0.6 is 0 Å². The van der Waals surface area contributed by atoms with E-state index in [9.17, 15) is 13.2 Å². The monoisotopic (exact) mass is 310 g/mol. The van der Waals surface area contributed by atoms with E-state index in [1.54, 1.807) is 0 Å². The molecule has 1 aromatic carbocycles. The molecule has 6 heteroatoms. The molecule has 1 aromatic rings. The lowest BCUT2D eigenvalue weighted by Gasteiger charge is -2.17. The van der Waals surface area contributed by atoms with Gasteiger partial charge in [0.15, 0.2) is 0 Å². The molecule has 2 rings (SSSR count). The summed E-state index contributed by atoms with van der Waals surface area (Å²) in [6.07, 6.45) is 4.23. The summed E-state index contributed by atoms with van der Waals surface area (Å²) < 4.78 is 22.0. The standard InChI is InChI=1S/C15H22N2O3S/c1-21(19,20)12-4-5-15(18)16-13-6-8-14(9-7-13)17-10-2-3-11-17/h6-9H,2-5,10-12H2,1H3,(H,16,18). The van der Waals surface area contributed by atoms with Crippen LogP contribution < -0.4 is 10.2 Å². The Bertz CT molecular complexity index is 575. The van der Waals surface area contributed by atoms with Crippen molar-refractivity contribution in [2.45, 2.75) is 25.7 Å². The Morgan fingerprint density at radius 3 is 2.38 bits per heavy atom. The van der Waals surface area contributed by atoms with Gasteiger partial charge in [0.25, 0.3) is 0 Å². The molecule has 0 saturated carbocycles. The highest BCUT2D eigenvalue weighted by Crippen LogP contribution is 2.22. The zero-order valence-corrected chi connectivity index (χ0v) is 13.2.